The van der Waals surface area contributed by atoms with Gasteiger partial charge in [-0.1, -0.05) is 5.16 Å². The van der Waals surface area contributed by atoms with Crippen LogP contribution in [0.4, 0.5) is 0 Å². The molecule has 0 aromatic carbocycles. The van der Waals surface area contributed by atoms with Crippen molar-refractivity contribution in [3.63, 3.8) is 0 Å². The number of carbonyl (C=O) groups excluding carboxylic acids is 1. The molecule has 0 saturated heterocycles. The van der Waals surface area contributed by atoms with E-state index in [0.29, 0.717) is 12.3 Å². The van der Waals surface area contributed by atoms with Crippen LogP contribution >= 0.6 is 0 Å². The van der Waals surface area contributed by atoms with Crippen LogP contribution in [0.3, 0.4) is 0 Å². The monoisotopic (exact) mass is 325 g/mol. The third-order valence-electron chi connectivity index (χ3n) is 2.96. The van der Waals surface area contributed by atoms with E-state index in [9.17, 15) is 17.8 Å². The lowest BCUT2D eigenvalue weighted by Crippen LogP contribution is -2.33. The SMILES string of the molecule is CNC(=O)c1cc(-c2cc[n+](CCCS(=O)(=O)[O-])cc2)on1. The molecule has 0 saturated carbocycles. The van der Waals surface area contributed by atoms with Crippen LogP contribution in [0.1, 0.15) is 16.9 Å². The first-order valence-electron chi connectivity index (χ1n) is 6.51. The van der Waals surface area contributed by atoms with Gasteiger partial charge in [-0.15, -0.1) is 0 Å². The Kier molecular flexibility index (Phi) is 4.88. The summed E-state index contributed by atoms with van der Waals surface area (Å²) in [7, 11) is -2.67. The predicted octanol–water partition coefficient (Wildman–Crippen LogP) is -0.0760. The van der Waals surface area contributed by atoms with Gasteiger partial charge < -0.3 is 14.4 Å². The average Bonchev–Trinajstić information content (AvgIpc) is 2.95. The van der Waals surface area contributed by atoms with E-state index in [0.717, 1.165) is 5.56 Å². The molecule has 2 aromatic rings. The van der Waals surface area contributed by atoms with Crippen LogP contribution in [-0.4, -0.2) is 36.8 Å². The Morgan fingerprint density at radius 3 is 2.68 bits per heavy atom. The van der Waals surface area contributed by atoms with E-state index in [1.54, 1.807) is 29.1 Å². The number of hydrogen-bond acceptors (Lipinski definition) is 6. The summed E-state index contributed by atoms with van der Waals surface area (Å²) >= 11 is 0. The molecule has 2 heterocycles. The lowest BCUT2D eigenvalue weighted by molar-refractivity contribution is -0.696. The molecule has 22 heavy (non-hydrogen) atoms. The molecule has 118 valence electrons. The quantitative estimate of drug-likeness (QED) is 0.587. The van der Waals surface area contributed by atoms with Crippen molar-refractivity contribution in [3.05, 3.63) is 36.3 Å². The molecule has 1 amide bonds. The molecule has 2 rings (SSSR count). The van der Waals surface area contributed by atoms with Gasteiger partial charge in [-0.25, -0.2) is 13.0 Å². The number of nitrogens with one attached hydrogen (secondary N) is 1. The van der Waals surface area contributed by atoms with E-state index in [1.165, 1.54) is 13.1 Å². The van der Waals surface area contributed by atoms with Gasteiger partial charge in [-0.2, -0.15) is 0 Å². The molecule has 0 aliphatic carbocycles. The van der Waals surface area contributed by atoms with Gasteiger partial charge >= 0.3 is 0 Å². The maximum atomic E-state index is 11.4. The number of rotatable bonds is 6. The minimum atomic E-state index is -4.18. The van der Waals surface area contributed by atoms with Crippen LogP contribution in [0.25, 0.3) is 11.3 Å². The van der Waals surface area contributed by atoms with Crippen LogP contribution < -0.4 is 9.88 Å². The molecule has 0 spiro atoms. The summed E-state index contributed by atoms with van der Waals surface area (Å²) in [5.41, 5.74) is 0.922. The van der Waals surface area contributed by atoms with Crippen molar-refractivity contribution in [2.75, 3.05) is 12.8 Å². The van der Waals surface area contributed by atoms with Gasteiger partial charge in [-0.3, -0.25) is 4.79 Å². The Hall–Kier alpha value is -2.26. The lowest BCUT2D eigenvalue weighted by Gasteiger charge is -2.04. The first-order valence-corrected chi connectivity index (χ1v) is 8.08. The Balaban J connectivity index is 2.02. The first-order chi connectivity index (χ1) is 10.4. The minimum Gasteiger partial charge on any atom is -0.748 e. The van der Waals surface area contributed by atoms with Crippen LogP contribution in [0.15, 0.2) is 35.1 Å². The molecule has 0 radical (unpaired) electrons. The number of pyridine rings is 1. The third kappa shape index (κ3) is 4.37. The van der Waals surface area contributed by atoms with Gasteiger partial charge in [0.25, 0.3) is 5.91 Å². The van der Waals surface area contributed by atoms with E-state index in [1.807, 2.05) is 0 Å². The van der Waals surface area contributed by atoms with E-state index in [-0.39, 0.29) is 23.8 Å². The summed E-state index contributed by atoms with van der Waals surface area (Å²) in [6.07, 6.45) is 3.71. The standard InChI is InChI=1S/C13H15N3O5S/c1-14-13(17)11-9-12(21-15-11)10-3-6-16(7-4-10)5-2-8-22(18,19)20/h3-4,6-7,9H,2,5,8H2,1H3,(H-,14,17,18,19,20). The second-order valence-corrected chi connectivity index (χ2v) is 6.12. The van der Waals surface area contributed by atoms with Crippen molar-refractivity contribution in [2.45, 2.75) is 13.0 Å². The van der Waals surface area contributed by atoms with Gasteiger partial charge in [0, 0.05) is 43.0 Å². The Morgan fingerprint density at radius 1 is 1.41 bits per heavy atom. The van der Waals surface area contributed by atoms with Gasteiger partial charge in [-0.05, 0) is 0 Å². The summed E-state index contributed by atoms with van der Waals surface area (Å²) in [6, 6.07) is 5.03. The van der Waals surface area contributed by atoms with Gasteiger partial charge in [0.05, 0.1) is 10.1 Å². The number of nitrogens with zero attached hydrogens (tertiary/aromatic N) is 2. The smallest absolute Gasteiger partial charge is 0.273 e. The number of amides is 1. The molecule has 0 unspecified atom stereocenters. The van der Waals surface area contributed by atoms with Crippen molar-refractivity contribution in [1.29, 1.82) is 0 Å². The summed E-state index contributed by atoms with van der Waals surface area (Å²) in [5.74, 6) is -0.271. The third-order valence-corrected chi connectivity index (χ3v) is 3.74. The average molecular weight is 325 g/mol. The topological polar surface area (TPSA) is 116 Å². The highest BCUT2D eigenvalue weighted by Gasteiger charge is 2.13. The first kappa shape index (κ1) is 16.1. The normalized spacial score (nSPS) is 11.4. The van der Waals surface area contributed by atoms with Crippen molar-refractivity contribution in [1.82, 2.24) is 10.5 Å². The molecule has 0 aliphatic heterocycles. The zero-order valence-corrected chi connectivity index (χ0v) is 12.7. The predicted molar refractivity (Wildman–Crippen MR) is 74.7 cm³/mol. The van der Waals surface area contributed by atoms with E-state index >= 15 is 0 Å². The van der Waals surface area contributed by atoms with Crippen LogP contribution in [-0.2, 0) is 16.7 Å². The molecule has 0 bridgehead atoms. The molecular formula is C13H15N3O5S. The fourth-order valence-corrected chi connectivity index (χ4v) is 2.32. The maximum Gasteiger partial charge on any atom is 0.273 e. The number of carbonyl (C=O) groups is 1. The van der Waals surface area contributed by atoms with E-state index in [2.05, 4.69) is 10.5 Å². The van der Waals surface area contributed by atoms with E-state index in [4.69, 9.17) is 4.52 Å². The fraction of sp³-hybridized carbons (Fsp3) is 0.308. The molecule has 0 fully saturated rings. The number of aromatic nitrogens is 2. The van der Waals surface area contributed by atoms with Gasteiger partial charge in [0.1, 0.15) is 6.54 Å². The van der Waals surface area contributed by atoms with E-state index < -0.39 is 10.1 Å². The largest absolute Gasteiger partial charge is 0.748 e. The molecule has 1 N–H and O–H groups in total. The second kappa shape index (κ2) is 6.67. The van der Waals surface area contributed by atoms with Crippen molar-refractivity contribution in [2.24, 2.45) is 0 Å². The Labute approximate surface area is 127 Å². The minimum absolute atomic E-state index is 0.190. The number of aryl methyl sites for hydroxylation is 1. The second-order valence-electron chi connectivity index (χ2n) is 4.60. The highest BCUT2D eigenvalue weighted by molar-refractivity contribution is 7.85. The molecule has 8 nitrogen and oxygen atoms in total. The van der Waals surface area contributed by atoms with Crippen molar-refractivity contribution < 1.29 is 26.9 Å². The highest BCUT2D eigenvalue weighted by Crippen LogP contribution is 2.18. The van der Waals surface area contributed by atoms with Crippen LogP contribution in [0.5, 0.6) is 0 Å². The highest BCUT2D eigenvalue weighted by atomic mass is 32.2. The summed E-state index contributed by atoms with van der Waals surface area (Å²) in [4.78, 5) is 11.4. The summed E-state index contributed by atoms with van der Waals surface area (Å²) in [5, 5.41) is 6.12. The van der Waals surface area contributed by atoms with Crippen molar-refractivity contribution in [3.8, 4) is 11.3 Å². The zero-order valence-electron chi connectivity index (χ0n) is 11.9. The lowest BCUT2D eigenvalue weighted by atomic mass is 10.2. The number of hydrogen-bond donors (Lipinski definition) is 1. The van der Waals surface area contributed by atoms with Crippen LogP contribution in [0.2, 0.25) is 0 Å². The Bertz CT molecular complexity index is 752. The zero-order chi connectivity index (χ0) is 16.2. The fourth-order valence-electron chi connectivity index (χ4n) is 1.84. The molecule has 0 aliphatic rings. The molecule has 9 heteroatoms. The van der Waals surface area contributed by atoms with Gasteiger partial charge in [0.2, 0.25) is 0 Å². The summed E-state index contributed by atoms with van der Waals surface area (Å²) < 4.78 is 38.4. The maximum absolute atomic E-state index is 11.4. The molecule has 2 aromatic heterocycles. The van der Waals surface area contributed by atoms with Gasteiger partial charge in [0.15, 0.2) is 23.8 Å². The van der Waals surface area contributed by atoms with Crippen molar-refractivity contribution >= 4 is 16.0 Å². The summed E-state index contributed by atoms with van der Waals surface area (Å²) in [6.45, 7) is 0.418. The molecular weight excluding hydrogens is 310 g/mol. The molecule has 0 atom stereocenters. The van der Waals surface area contributed by atoms with Crippen LogP contribution in [0, 0.1) is 0 Å². The Morgan fingerprint density at radius 2 is 2.09 bits per heavy atom.